The molecule has 0 spiro atoms. The Morgan fingerprint density at radius 3 is 2.26 bits per heavy atom. The summed E-state index contributed by atoms with van der Waals surface area (Å²) in [6.07, 6.45) is -1.76. The topological polar surface area (TPSA) is 140 Å². The van der Waals surface area contributed by atoms with E-state index in [0.717, 1.165) is 11.6 Å². The Labute approximate surface area is 199 Å². The number of carbonyl (C=O) groups excluding carboxylic acids is 5. The van der Waals surface area contributed by atoms with Gasteiger partial charge in [0, 0.05) is 27.5 Å². The number of hydrogen-bond donors (Lipinski definition) is 2. The van der Waals surface area contributed by atoms with Crippen LogP contribution in [0.25, 0.3) is 0 Å². The highest BCUT2D eigenvalue weighted by Crippen LogP contribution is 2.13. The van der Waals surface area contributed by atoms with Gasteiger partial charge in [0.25, 0.3) is 11.8 Å². The second-order valence-electron chi connectivity index (χ2n) is 8.91. The van der Waals surface area contributed by atoms with Gasteiger partial charge in [0.1, 0.15) is 12.6 Å². The molecule has 0 saturated carbocycles. The van der Waals surface area contributed by atoms with Crippen LogP contribution in [0.15, 0.2) is 30.3 Å². The van der Waals surface area contributed by atoms with Gasteiger partial charge in [-0.15, -0.1) is 5.06 Å². The fourth-order valence-electron chi connectivity index (χ4n) is 2.79. The molecule has 0 bridgehead atoms. The van der Waals surface area contributed by atoms with Crippen LogP contribution in [0.4, 0.5) is 9.59 Å². The molecule has 1 saturated heterocycles. The molecule has 0 aliphatic carbocycles. The van der Waals surface area contributed by atoms with E-state index < -0.39 is 44.1 Å². The second-order valence-corrected chi connectivity index (χ2v) is 14.5. The number of amides is 4. The Kier molecular flexibility index (Phi) is 10.0. The lowest BCUT2D eigenvalue weighted by Crippen LogP contribution is -2.47. The van der Waals surface area contributed by atoms with Crippen LogP contribution in [0.2, 0.25) is 25.7 Å². The maximum atomic E-state index is 12.6. The lowest BCUT2D eigenvalue weighted by Gasteiger charge is -2.20. The molecule has 1 aromatic rings. The number of rotatable bonds is 11. The zero-order chi connectivity index (χ0) is 25.1. The highest BCUT2D eigenvalue weighted by atomic mass is 28.3. The van der Waals surface area contributed by atoms with Crippen molar-refractivity contribution < 1.29 is 38.3 Å². The van der Waals surface area contributed by atoms with E-state index in [9.17, 15) is 24.0 Å². The Balaban J connectivity index is 1.89. The summed E-state index contributed by atoms with van der Waals surface area (Å²) in [5.74, 6) is -2.32. The molecule has 186 valence electrons. The summed E-state index contributed by atoms with van der Waals surface area (Å²) in [6, 6.07) is 8.45. The molecule has 1 heterocycles. The predicted molar refractivity (Wildman–Crippen MR) is 123 cm³/mol. The second kappa shape index (κ2) is 12.7. The first-order valence-corrected chi connectivity index (χ1v) is 14.7. The lowest BCUT2D eigenvalue weighted by atomic mass is 10.2. The molecule has 1 fully saturated rings. The average Bonchev–Trinajstić information content (AvgIpc) is 3.09. The fraction of sp³-hybridized carbons (Fsp3) is 0.500. The van der Waals surface area contributed by atoms with Gasteiger partial charge in [0.15, 0.2) is 0 Å². The number of carbonyl (C=O) groups is 5. The Bertz CT molecular complexity index is 872. The minimum Gasteiger partial charge on any atom is -0.450 e. The normalized spacial score (nSPS) is 14.4. The van der Waals surface area contributed by atoms with E-state index in [1.54, 1.807) is 24.3 Å². The Hall–Kier alpha value is -3.41. The lowest BCUT2D eigenvalue weighted by molar-refractivity contribution is -0.199. The molecule has 4 amide bonds. The van der Waals surface area contributed by atoms with Crippen molar-refractivity contribution in [1.82, 2.24) is 15.7 Å². The first-order valence-electron chi connectivity index (χ1n) is 11.0. The molecular formula is C22H31N3O8Si. The van der Waals surface area contributed by atoms with Gasteiger partial charge in [-0.3, -0.25) is 9.59 Å². The third-order valence-electron chi connectivity index (χ3n) is 4.76. The summed E-state index contributed by atoms with van der Waals surface area (Å²) in [5, 5.41) is 5.25. The largest absolute Gasteiger partial charge is 0.450 e. The molecule has 2 rings (SSSR count). The molecule has 34 heavy (non-hydrogen) atoms. The molecule has 1 atom stereocenters. The van der Waals surface area contributed by atoms with Gasteiger partial charge >= 0.3 is 18.2 Å². The predicted octanol–water partition coefficient (Wildman–Crippen LogP) is 2.34. The molecule has 1 aliphatic heterocycles. The van der Waals surface area contributed by atoms with Crippen LogP contribution in [-0.2, 0) is 35.3 Å². The van der Waals surface area contributed by atoms with E-state index in [-0.39, 0.29) is 39.0 Å². The number of nitrogens with one attached hydrogen (secondary N) is 2. The van der Waals surface area contributed by atoms with Crippen LogP contribution in [-0.4, -0.2) is 62.3 Å². The van der Waals surface area contributed by atoms with Crippen molar-refractivity contribution in [3.8, 4) is 0 Å². The molecule has 12 heteroatoms. The summed E-state index contributed by atoms with van der Waals surface area (Å²) in [6.45, 7) is 6.69. The van der Waals surface area contributed by atoms with Crippen molar-refractivity contribution in [3.05, 3.63) is 35.9 Å². The standard InChI is InChI=1S/C22H31N3O8Si/c1-34(2,3)14-13-31-21(29)23-12-11-17(20(28)33-25-18(26)9-10-19(25)27)24-22(30)32-15-16-7-5-4-6-8-16/h4-8,17H,9-15H2,1-3H3,(H,23,29)(H,24,30)/t17-/m0/s1. The maximum absolute atomic E-state index is 12.6. The monoisotopic (exact) mass is 493 g/mol. The maximum Gasteiger partial charge on any atom is 0.408 e. The quantitative estimate of drug-likeness (QED) is 0.354. The third-order valence-corrected chi connectivity index (χ3v) is 6.47. The summed E-state index contributed by atoms with van der Waals surface area (Å²) < 4.78 is 10.2. The summed E-state index contributed by atoms with van der Waals surface area (Å²) in [4.78, 5) is 65.1. The Morgan fingerprint density at radius 1 is 1.00 bits per heavy atom. The number of benzene rings is 1. The summed E-state index contributed by atoms with van der Waals surface area (Å²) in [5.41, 5.74) is 0.743. The zero-order valence-electron chi connectivity index (χ0n) is 19.6. The molecule has 1 aliphatic rings. The molecular weight excluding hydrogens is 462 g/mol. The van der Waals surface area contributed by atoms with Crippen LogP contribution in [0.3, 0.4) is 0 Å². The SMILES string of the molecule is C[Si](C)(C)CCOC(=O)NCC[C@H](NC(=O)OCc1ccccc1)C(=O)ON1C(=O)CCC1=O. The number of alkyl carbamates (subject to hydrolysis) is 2. The van der Waals surface area contributed by atoms with Crippen LogP contribution < -0.4 is 10.6 Å². The van der Waals surface area contributed by atoms with Crippen LogP contribution in [0.5, 0.6) is 0 Å². The van der Waals surface area contributed by atoms with E-state index in [1.165, 1.54) is 0 Å². The number of imide groups is 1. The minimum absolute atomic E-state index is 0.0286. The number of nitrogens with zero attached hydrogens (tertiary/aromatic N) is 1. The van der Waals surface area contributed by atoms with E-state index in [4.69, 9.17) is 14.3 Å². The molecule has 0 aromatic heterocycles. The van der Waals surface area contributed by atoms with E-state index in [0.29, 0.717) is 5.06 Å². The molecule has 11 nitrogen and oxygen atoms in total. The number of hydrogen-bond acceptors (Lipinski definition) is 8. The van der Waals surface area contributed by atoms with E-state index >= 15 is 0 Å². The van der Waals surface area contributed by atoms with Gasteiger partial charge in [-0.1, -0.05) is 50.0 Å². The zero-order valence-corrected chi connectivity index (χ0v) is 20.6. The molecule has 2 N–H and O–H groups in total. The minimum atomic E-state index is -1.36. The molecule has 0 unspecified atom stereocenters. The van der Waals surface area contributed by atoms with E-state index in [1.807, 2.05) is 6.07 Å². The van der Waals surface area contributed by atoms with E-state index in [2.05, 4.69) is 30.3 Å². The van der Waals surface area contributed by atoms with Crippen LogP contribution in [0.1, 0.15) is 24.8 Å². The third kappa shape index (κ3) is 9.61. The van der Waals surface area contributed by atoms with Crippen LogP contribution in [0, 0.1) is 0 Å². The van der Waals surface area contributed by atoms with Crippen molar-refractivity contribution in [3.63, 3.8) is 0 Å². The average molecular weight is 494 g/mol. The first-order chi connectivity index (χ1) is 16.0. The van der Waals surface area contributed by atoms with Crippen molar-refractivity contribution >= 4 is 38.0 Å². The highest BCUT2D eigenvalue weighted by molar-refractivity contribution is 6.76. The Morgan fingerprint density at radius 2 is 1.65 bits per heavy atom. The van der Waals surface area contributed by atoms with Gasteiger partial charge in [-0.05, 0) is 18.0 Å². The fourth-order valence-corrected chi connectivity index (χ4v) is 3.50. The summed E-state index contributed by atoms with van der Waals surface area (Å²) in [7, 11) is -1.36. The summed E-state index contributed by atoms with van der Waals surface area (Å²) >= 11 is 0. The smallest absolute Gasteiger partial charge is 0.408 e. The molecule has 0 radical (unpaired) electrons. The number of hydroxylamine groups is 2. The number of ether oxygens (including phenoxy) is 2. The van der Waals surface area contributed by atoms with Gasteiger partial charge in [0.2, 0.25) is 0 Å². The van der Waals surface area contributed by atoms with Crippen molar-refractivity contribution in [1.29, 1.82) is 0 Å². The molecule has 1 aromatic carbocycles. The van der Waals surface area contributed by atoms with Crippen molar-refractivity contribution in [2.75, 3.05) is 13.2 Å². The van der Waals surface area contributed by atoms with Gasteiger partial charge in [-0.25, -0.2) is 14.4 Å². The van der Waals surface area contributed by atoms with Gasteiger partial charge in [-0.2, -0.15) is 0 Å². The first kappa shape index (κ1) is 26.8. The highest BCUT2D eigenvalue weighted by Gasteiger charge is 2.35. The van der Waals surface area contributed by atoms with Crippen molar-refractivity contribution in [2.24, 2.45) is 0 Å². The van der Waals surface area contributed by atoms with Gasteiger partial charge in [0.05, 0.1) is 6.61 Å². The van der Waals surface area contributed by atoms with Crippen molar-refractivity contribution in [2.45, 2.75) is 57.6 Å². The van der Waals surface area contributed by atoms with Gasteiger partial charge < -0.3 is 24.9 Å². The van der Waals surface area contributed by atoms with Crippen LogP contribution >= 0.6 is 0 Å².